The molecule has 0 spiro atoms. The van der Waals surface area contributed by atoms with Crippen molar-refractivity contribution in [1.29, 1.82) is 0 Å². The lowest BCUT2D eigenvalue weighted by Crippen LogP contribution is -2.31. The molecule has 15 heavy (non-hydrogen) atoms. The molecule has 0 saturated heterocycles. The fourth-order valence-corrected chi connectivity index (χ4v) is 1.27. The Morgan fingerprint density at radius 3 is 2.80 bits per heavy atom. The largest absolute Gasteiger partial charge is 0.465 e. The Bertz CT molecular complexity index is 365. The molecule has 3 N–H and O–H groups in total. The van der Waals surface area contributed by atoms with E-state index < -0.39 is 11.9 Å². The normalized spacial score (nSPS) is 9.67. The van der Waals surface area contributed by atoms with Crippen LogP contribution in [0, 0.1) is 0 Å². The minimum absolute atomic E-state index is 0.0318. The van der Waals surface area contributed by atoms with Crippen molar-refractivity contribution >= 4 is 29.4 Å². The highest BCUT2D eigenvalue weighted by atomic mass is 32.1. The van der Waals surface area contributed by atoms with Crippen LogP contribution in [0.2, 0.25) is 0 Å². The van der Waals surface area contributed by atoms with Crippen molar-refractivity contribution in [3.63, 3.8) is 0 Å². The predicted octanol–water partition coefficient (Wildman–Crippen LogP) is -0.587. The van der Waals surface area contributed by atoms with Gasteiger partial charge in [-0.1, -0.05) is 0 Å². The maximum atomic E-state index is 11.3. The smallest absolute Gasteiger partial charge is 0.325 e. The molecule has 1 rings (SSSR count). The Kier molecular flexibility index (Phi) is 3.98. The van der Waals surface area contributed by atoms with E-state index >= 15 is 0 Å². The molecule has 1 aromatic heterocycles. The van der Waals surface area contributed by atoms with Crippen LogP contribution in [-0.4, -0.2) is 33.8 Å². The molecular weight excluding hydrogens is 220 g/mol. The molecule has 0 radical (unpaired) electrons. The first-order chi connectivity index (χ1) is 7.15. The highest BCUT2D eigenvalue weighted by Crippen LogP contribution is 2.06. The lowest BCUT2D eigenvalue weighted by molar-refractivity contribution is -0.141. The maximum Gasteiger partial charge on any atom is 0.325 e. The molecule has 0 aromatic carbocycles. The fraction of sp³-hybridized carbons (Fsp3) is 0.429. The Balaban J connectivity index is 2.44. The van der Waals surface area contributed by atoms with Crippen LogP contribution < -0.4 is 11.1 Å². The van der Waals surface area contributed by atoms with E-state index in [1.807, 2.05) is 0 Å². The van der Waals surface area contributed by atoms with Gasteiger partial charge in [-0.2, -0.15) is 8.75 Å². The number of nitrogen functional groups attached to an aromatic ring is 1. The molecule has 0 aliphatic heterocycles. The fourth-order valence-electron chi connectivity index (χ4n) is 0.801. The number of ether oxygens (including phenoxy) is 1. The molecule has 1 aromatic rings. The van der Waals surface area contributed by atoms with Gasteiger partial charge in [0.25, 0.3) is 5.91 Å². The van der Waals surface area contributed by atoms with Gasteiger partial charge in [-0.15, -0.1) is 0 Å². The van der Waals surface area contributed by atoms with Gasteiger partial charge in [-0.3, -0.25) is 9.59 Å². The zero-order valence-corrected chi connectivity index (χ0v) is 8.84. The van der Waals surface area contributed by atoms with E-state index in [9.17, 15) is 9.59 Å². The molecule has 0 aliphatic rings. The van der Waals surface area contributed by atoms with Gasteiger partial charge in [0.05, 0.1) is 18.3 Å². The molecule has 7 nitrogen and oxygen atoms in total. The summed E-state index contributed by atoms with van der Waals surface area (Å²) in [5, 5.41) is 2.32. The van der Waals surface area contributed by atoms with Gasteiger partial charge in [-0.05, 0) is 6.92 Å². The first kappa shape index (κ1) is 11.4. The molecule has 1 heterocycles. The molecule has 0 bridgehead atoms. The van der Waals surface area contributed by atoms with Crippen molar-refractivity contribution < 1.29 is 14.3 Å². The minimum Gasteiger partial charge on any atom is -0.465 e. The Labute approximate surface area is 89.9 Å². The molecule has 0 atom stereocenters. The van der Waals surface area contributed by atoms with Crippen LogP contribution in [0.3, 0.4) is 0 Å². The highest BCUT2D eigenvalue weighted by molar-refractivity contribution is 6.99. The van der Waals surface area contributed by atoms with E-state index in [0.717, 1.165) is 11.7 Å². The Morgan fingerprint density at radius 1 is 1.53 bits per heavy atom. The number of nitrogens with zero attached hydrogens (tertiary/aromatic N) is 2. The van der Waals surface area contributed by atoms with Crippen LogP contribution in [0.5, 0.6) is 0 Å². The van der Waals surface area contributed by atoms with Gasteiger partial charge in [0.15, 0.2) is 11.5 Å². The predicted molar refractivity (Wildman–Crippen MR) is 53.3 cm³/mol. The SMILES string of the molecule is CCOC(=O)CNC(=O)c1nsnc1N. The lowest BCUT2D eigenvalue weighted by Gasteiger charge is -2.02. The average Bonchev–Trinajstić information content (AvgIpc) is 2.61. The molecule has 0 aliphatic carbocycles. The third-order valence-electron chi connectivity index (χ3n) is 1.43. The number of hydrogen-bond acceptors (Lipinski definition) is 7. The van der Waals surface area contributed by atoms with Gasteiger partial charge in [0.2, 0.25) is 0 Å². The first-order valence-electron chi connectivity index (χ1n) is 4.17. The second-order valence-electron chi connectivity index (χ2n) is 2.49. The summed E-state index contributed by atoms with van der Waals surface area (Å²) in [6, 6.07) is 0. The van der Waals surface area contributed by atoms with Gasteiger partial charge < -0.3 is 15.8 Å². The monoisotopic (exact) mass is 230 g/mol. The van der Waals surface area contributed by atoms with Crippen molar-refractivity contribution in [1.82, 2.24) is 14.1 Å². The Morgan fingerprint density at radius 2 is 2.27 bits per heavy atom. The number of nitrogens with one attached hydrogen (secondary N) is 1. The van der Waals surface area contributed by atoms with Crippen LogP contribution in [-0.2, 0) is 9.53 Å². The van der Waals surface area contributed by atoms with Crippen molar-refractivity contribution in [3.05, 3.63) is 5.69 Å². The van der Waals surface area contributed by atoms with Gasteiger partial charge in [0, 0.05) is 0 Å². The number of anilines is 1. The number of esters is 1. The molecule has 8 heteroatoms. The van der Waals surface area contributed by atoms with E-state index in [2.05, 4.69) is 18.8 Å². The van der Waals surface area contributed by atoms with Crippen LogP contribution in [0.1, 0.15) is 17.4 Å². The van der Waals surface area contributed by atoms with E-state index in [0.29, 0.717) is 0 Å². The van der Waals surface area contributed by atoms with Crippen molar-refractivity contribution in [3.8, 4) is 0 Å². The lowest BCUT2D eigenvalue weighted by atomic mass is 10.4. The van der Waals surface area contributed by atoms with Crippen LogP contribution >= 0.6 is 11.7 Å². The van der Waals surface area contributed by atoms with Gasteiger partial charge >= 0.3 is 5.97 Å². The summed E-state index contributed by atoms with van der Waals surface area (Å²) in [4.78, 5) is 22.2. The number of nitrogens with two attached hydrogens (primary N) is 1. The van der Waals surface area contributed by atoms with E-state index in [1.165, 1.54) is 0 Å². The van der Waals surface area contributed by atoms with Gasteiger partial charge in [-0.25, -0.2) is 0 Å². The highest BCUT2D eigenvalue weighted by Gasteiger charge is 2.14. The van der Waals surface area contributed by atoms with Crippen molar-refractivity contribution in [2.75, 3.05) is 18.9 Å². The van der Waals surface area contributed by atoms with Crippen molar-refractivity contribution in [2.24, 2.45) is 0 Å². The number of aromatic nitrogens is 2. The summed E-state index contributed by atoms with van der Waals surface area (Å²) in [5.74, 6) is -0.983. The third-order valence-corrected chi connectivity index (χ3v) is 1.97. The Hall–Kier alpha value is -1.70. The van der Waals surface area contributed by atoms with Gasteiger partial charge in [0.1, 0.15) is 6.54 Å². The average molecular weight is 230 g/mol. The zero-order valence-electron chi connectivity index (χ0n) is 8.02. The van der Waals surface area contributed by atoms with Crippen LogP contribution in [0.25, 0.3) is 0 Å². The number of rotatable bonds is 4. The summed E-state index contributed by atoms with van der Waals surface area (Å²) >= 11 is 0.837. The standard InChI is InChI=1S/C7H10N4O3S/c1-2-14-4(12)3-9-7(13)5-6(8)11-15-10-5/h2-3H2,1H3,(H2,8,11)(H,9,13). The molecular formula is C7H10N4O3S. The maximum absolute atomic E-state index is 11.3. The molecule has 0 saturated carbocycles. The second kappa shape index (κ2) is 5.25. The third kappa shape index (κ3) is 3.17. The molecule has 1 amide bonds. The molecule has 82 valence electrons. The van der Waals surface area contributed by atoms with E-state index in [1.54, 1.807) is 6.92 Å². The zero-order chi connectivity index (χ0) is 11.3. The molecule has 0 fully saturated rings. The summed E-state index contributed by atoms with van der Waals surface area (Å²) < 4.78 is 11.9. The number of carbonyl (C=O) groups excluding carboxylic acids is 2. The minimum atomic E-state index is -0.533. The van der Waals surface area contributed by atoms with E-state index in [-0.39, 0.29) is 24.7 Å². The van der Waals surface area contributed by atoms with Crippen molar-refractivity contribution in [2.45, 2.75) is 6.92 Å². The van der Waals surface area contributed by atoms with E-state index in [4.69, 9.17) is 5.73 Å². The van der Waals surface area contributed by atoms with Crippen LogP contribution in [0.15, 0.2) is 0 Å². The summed E-state index contributed by atoms with van der Waals surface area (Å²) in [5.41, 5.74) is 5.40. The number of carbonyl (C=O) groups is 2. The summed E-state index contributed by atoms with van der Waals surface area (Å²) in [7, 11) is 0. The summed E-state index contributed by atoms with van der Waals surface area (Å²) in [6.07, 6.45) is 0. The topological polar surface area (TPSA) is 107 Å². The second-order valence-corrected chi connectivity index (χ2v) is 3.01. The molecule has 0 unspecified atom stereocenters. The quantitative estimate of drug-likeness (QED) is 0.670. The summed E-state index contributed by atoms with van der Waals surface area (Å²) in [6.45, 7) is 1.75. The number of amides is 1. The first-order valence-corrected chi connectivity index (χ1v) is 4.90. The number of hydrogen-bond donors (Lipinski definition) is 2. The van der Waals surface area contributed by atoms with Crippen LogP contribution in [0.4, 0.5) is 5.82 Å².